The first kappa shape index (κ1) is 23.9. The van der Waals surface area contributed by atoms with Gasteiger partial charge in [-0.25, -0.2) is 0 Å². The van der Waals surface area contributed by atoms with Crippen molar-refractivity contribution in [2.24, 2.45) is 0 Å². The quantitative estimate of drug-likeness (QED) is 0.173. The number of carbonyl (C=O) groups excluding carboxylic acids is 2. The number of nitrogens with zero attached hydrogens (tertiary/aromatic N) is 1. The van der Waals surface area contributed by atoms with Crippen LogP contribution in [0.2, 0.25) is 10.0 Å². The molecule has 0 saturated carbocycles. The number of anilines is 1. The second kappa shape index (κ2) is 9.69. The largest absolute Gasteiger partial charge is 0.507 e. The Hall–Kier alpha value is -3.80. The average molecular weight is 518 g/mol. The molecule has 4 aromatic carbocycles. The highest BCUT2D eigenvalue weighted by Gasteiger charge is 2.47. The molecular formula is C29H21Cl2NO4. The van der Waals surface area contributed by atoms with Gasteiger partial charge in [0.2, 0.25) is 0 Å². The molecule has 1 unspecified atom stereocenters. The Morgan fingerprint density at radius 3 is 2.47 bits per heavy atom. The number of hydrogen-bond acceptors (Lipinski definition) is 4. The number of benzene rings is 4. The predicted octanol–water partition coefficient (Wildman–Crippen LogP) is 7.17. The predicted molar refractivity (Wildman–Crippen MR) is 143 cm³/mol. The highest BCUT2D eigenvalue weighted by Crippen LogP contribution is 2.45. The van der Waals surface area contributed by atoms with Gasteiger partial charge < -0.3 is 9.84 Å². The third kappa shape index (κ3) is 4.11. The van der Waals surface area contributed by atoms with Gasteiger partial charge in [0.05, 0.1) is 23.2 Å². The van der Waals surface area contributed by atoms with Gasteiger partial charge in [0.25, 0.3) is 11.7 Å². The van der Waals surface area contributed by atoms with Crippen LogP contribution < -0.4 is 9.64 Å². The number of amides is 1. The minimum atomic E-state index is -0.888. The second-order valence-electron chi connectivity index (χ2n) is 8.30. The highest BCUT2D eigenvalue weighted by atomic mass is 35.5. The van der Waals surface area contributed by atoms with E-state index in [0.29, 0.717) is 39.2 Å². The molecule has 7 heteroatoms. The molecule has 5 nitrogen and oxygen atoms in total. The van der Waals surface area contributed by atoms with E-state index in [1.54, 1.807) is 42.5 Å². The summed E-state index contributed by atoms with van der Waals surface area (Å²) in [7, 11) is 0. The molecule has 0 aliphatic carbocycles. The molecule has 0 bridgehead atoms. The number of ketones is 1. The van der Waals surface area contributed by atoms with Gasteiger partial charge in [0.15, 0.2) is 0 Å². The monoisotopic (exact) mass is 517 g/mol. The van der Waals surface area contributed by atoms with E-state index in [1.807, 2.05) is 49.4 Å². The van der Waals surface area contributed by atoms with Crippen molar-refractivity contribution >= 4 is 57.1 Å². The molecule has 5 rings (SSSR count). The van der Waals surface area contributed by atoms with Crippen molar-refractivity contribution in [1.29, 1.82) is 0 Å². The maximum absolute atomic E-state index is 13.5. The Kier molecular flexibility index (Phi) is 6.44. The van der Waals surface area contributed by atoms with E-state index in [9.17, 15) is 14.7 Å². The molecule has 4 aromatic rings. The van der Waals surface area contributed by atoms with Crippen molar-refractivity contribution in [3.63, 3.8) is 0 Å². The van der Waals surface area contributed by atoms with Crippen LogP contribution in [0, 0.1) is 0 Å². The van der Waals surface area contributed by atoms with Crippen molar-refractivity contribution in [2.75, 3.05) is 11.5 Å². The lowest BCUT2D eigenvalue weighted by molar-refractivity contribution is -0.132. The minimum Gasteiger partial charge on any atom is -0.507 e. The SMILES string of the molecule is CCOc1cc(/C(O)=C2/C(=O)C(=O)N(c3cccc(Cl)c3)C2c2cccc3ccccc23)ccc1Cl. The summed E-state index contributed by atoms with van der Waals surface area (Å²) < 4.78 is 5.57. The third-order valence-electron chi connectivity index (χ3n) is 6.15. The number of carbonyl (C=O) groups is 2. The first-order valence-corrected chi connectivity index (χ1v) is 12.1. The number of Topliss-reactive ketones (excluding diaryl/α,β-unsaturated/α-hetero) is 1. The lowest BCUT2D eigenvalue weighted by Gasteiger charge is -2.26. The zero-order valence-corrected chi connectivity index (χ0v) is 20.8. The molecule has 180 valence electrons. The van der Waals surface area contributed by atoms with Crippen molar-refractivity contribution < 1.29 is 19.4 Å². The van der Waals surface area contributed by atoms with Crippen LogP contribution in [0.5, 0.6) is 5.75 Å². The van der Waals surface area contributed by atoms with E-state index in [-0.39, 0.29) is 11.3 Å². The molecule has 0 radical (unpaired) electrons. The number of ether oxygens (including phenoxy) is 1. The first-order chi connectivity index (χ1) is 17.4. The number of fused-ring (bicyclic) bond motifs is 1. The van der Waals surface area contributed by atoms with E-state index < -0.39 is 17.7 Å². The number of hydrogen-bond donors (Lipinski definition) is 1. The summed E-state index contributed by atoms with van der Waals surface area (Å²) in [5, 5.41) is 14.1. The molecule has 1 amide bonds. The molecule has 1 fully saturated rings. The topological polar surface area (TPSA) is 66.8 Å². The van der Waals surface area contributed by atoms with Crippen molar-refractivity contribution in [3.05, 3.63) is 112 Å². The Morgan fingerprint density at radius 2 is 1.69 bits per heavy atom. The van der Waals surface area contributed by atoms with Crippen molar-refractivity contribution in [2.45, 2.75) is 13.0 Å². The zero-order valence-electron chi connectivity index (χ0n) is 19.2. The van der Waals surface area contributed by atoms with E-state index in [4.69, 9.17) is 27.9 Å². The van der Waals surface area contributed by atoms with Crippen LogP contribution in [-0.4, -0.2) is 23.4 Å². The first-order valence-electron chi connectivity index (χ1n) is 11.4. The van der Waals surface area contributed by atoms with E-state index in [0.717, 1.165) is 10.8 Å². The minimum absolute atomic E-state index is 0.0268. The number of aliphatic hydroxyl groups is 1. The van der Waals surface area contributed by atoms with Crippen LogP contribution in [-0.2, 0) is 9.59 Å². The fraction of sp³-hybridized carbons (Fsp3) is 0.103. The van der Waals surface area contributed by atoms with Crippen LogP contribution >= 0.6 is 23.2 Å². The van der Waals surface area contributed by atoms with Gasteiger partial charge in [-0.2, -0.15) is 0 Å². The smallest absolute Gasteiger partial charge is 0.300 e. The van der Waals surface area contributed by atoms with Gasteiger partial charge in [0.1, 0.15) is 11.5 Å². The van der Waals surface area contributed by atoms with E-state index in [1.165, 1.54) is 4.90 Å². The maximum Gasteiger partial charge on any atom is 0.300 e. The summed E-state index contributed by atoms with van der Waals surface area (Å²) in [5.41, 5.74) is 1.44. The molecule has 1 N–H and O–H groups in total. The lowest BCUT2D eigenvalue weighted by atomic mass is 9.91. The van der Waals surface area contributed by atoms with Crippen LogP contribution in [0.3, 0.4) is 0 Å². The van der Waals surface area contributed by atoms with E-state index in [2.05, 4.69) is 0 Å². The fourth-order valence-electron chi connectivity index (χ4n) is 4.58. The highest BCUT2D eigenvalue weighted by molar-refractivity contribution is 6.52. The van der Waals surface area contributed by atoms with E-state index >= 15 is 0 Å². The average Bonchev–Trinajstić information content (AvgIpc) is 3.14. The Balaban J connectivity index is 1.79. The van der Waals surface area contributed by atoms with Gasteiger partial charge in [-0.3, -0.25) is 14.5 Å². The number of rotatable bonds is 5. The molecule has 0 aromatic heterocycles. The number of halogens is 2. The van der Waals surface area contributed by atoms with Crippen LogP contribution in [0.4, 0.5) is 5.69 Å². The second-order valence-corrected chi connectivity index (χ2v) is 9.14. The van der Waals surface area contributed by atoms with Crippen LogP contribution in [0.1, 0.15) is 24.1 Å². The van der Waals surface area contributed by atoms with Crippen LogP contribution in [0.15, 0.2) is 90.5 Å². The van der Waals surface area contributed by atoms with Gasteiger partial charge in [-0.15, -0.1) is 0 Å². The van der Waals surface area contributed by atoms with Gasteiger partial charge >= 0.3 is 0 Å². The third-order valence-corrected chi connectivity index (χ3v) is 6.70. The summed E-state index contributed by atoms with van der Waals surface area (Å²) in [5.74, 6) is -1.49. The van der Waals surface area contributed by atoms with Crippen molar-refractivity contribution in [1.82, 2.24) is 0 Å². The molecule has 1 heterocycles. The summed E-state index contributed by atoms with van der Waals surface area (Å²) in [4.78, 5) is 28.3. The van der Waals surface area contributed by atoms with Gasteiger partial charge in [0, 0.05) is 16.3 Å². The molecule has 1 atom stereocenters. The molecule has 1 saturated heterocycles. The number of aliphatic hydroxyl groups excluding tert-OH is 1. The fourth-order valence-corrected chi connectivity index (χ4v) is 4.94. The summed E-state index contributed by atoms with van der Waals surface area (Å²) in [6, 6.07) is 24.0. The summed E-state index contributed by atoms with van der Waals surface area (Å²) >= 11 is 12.5. The summed E-state index contributed by atoms with van der Waals surface area (Å²) in [6.07, 6.45) is 0. The lowest BCUT2D eigenvalue weighted by Crippen LogP contribution is -2.29. The van der Waals surface area contributed by atoms with Crippen LogP contribution in [0.25, 0.3) is 16.5 Å². The Morgan fingerprint density at radius 1 is 0.944 bits per heavy atom. The zero-order chi connectivity index (χ0) is 25.4. The van der Waals surface area contributed by atoms with Gasteiger partial charge in [-0.05, 0) is 59.7 Å². The Bertz CT molecular complexity index is 1540. The molecule has 1 aliphatic rings. The molecule has 1 aliphatic heterocycles. The molecule has 36 heavy (non-hydrogen) atoms. The van der Waals surface area contributed by atoms with Crippen molar-refractivity contribution in [3.8, 4) is 5.75 Å². The maximum atomic E-state index is 13.5. The Labute approximate surface area is 218 Å². The molecular weight excluding hydrogens is 497 g/mol. The summed E-state index contributed by atoms with van der Waals surface area (Å²) in [6.45, 7) is 2.19. The normalized spacial score (nSPS) is 17.1. The standard InChI is InChI=1S/C29H21Cl2NO4/c1-2-36-24-15-18(13-14-23(24)31)27(33)25-26(22-12-5-8-17-7-3-4-11-21(17)22)32(29(35)28(25)34)20-10-6-9-19(30)16-20/h3-16,26,33H,2H2,1H3/b27-25-. The molecule has 0 spiro atoms. The van der Waals surface area contributed by atoms with Gasteiger partial charge in [-0.1, -0.05) is 71.7 Å².